The van der Waals surface area contributed by atoms with Gasteiger partial charge in [-0.1, -0.05) is 31.4 Å². The average molecular weight is 347 g/mol. The van der Waals surface area contributed by atoms with E-state index in [1.807, 2.05) is 6.92 Å². The molecule has 1 aromatic carbocycles. The van der Waals surface area contributed by atoms with Gasteiger partial charge in [-0.2, -0.15) is 0 Å². The molecular formula is C20H34N4O. The standard InChI is InChI=1S/C20H34N4O/c1-4-25-15-14-22-20(21-2)23-16-17-10-12-19(13-11-17)24(3)18-8-6-5-7-9-18/h10-13,18H,4-9,14-16H2,1-3H3,(H2,21,22,23). The quantitative estimate of drug-likeness (QED) is 0.431. The first-order valence-electron chi connectivity index (χ1n) is 9.58. The van der Waals surface area contributed by atoms with Crippen LogP contribution in [-0.2, 0) is 11.3 Å². The number of guanidine groups is 1. The topological polar surface area (TPSA) is 48.9 Å². The van der Waals surface area contributed by atoms with Gasteiger partial charge < -0.3 is 20.3 Å². The first-order valence-corrected chi connectivity index (χ1v) is 9.58. The van der Waals surface area contributed by atoms with Crippen molar-refractivity contribution in [3.63, 3.8) is 0 Å². The summed E-state index contributed by atoms with van der Waals surface area (Å²) in [5.74, 6) is 0.808. The second kappa shape index (κ2) is 11.0. The lowest BCUT2D eigenvalue weighted by Gasteiger charge is -2.33. The van der Waals surface area contributed by atoms with Crippen LogP contribution >= 0.6 is 0 Å². The lowest BCUT2D eigenvalue weighted by molar-refractivity contribution is 0.152. The molecule has 0 saturated heterocycles. The van der Waals surface area contributed by atoms with Crippen molar-refractivity contribution in [2.75, 3.05) is 38.8 Å². The smallest absolute Gasteiger partial charge is 0.191 e. The number of rotatable bonds is 8. The van der Waals surface area contributed by atoms with Crippen LogP contribution < -0.4 is 15.5 Å². The Morgan fingerprint density at radius 2 is 1.88 bits per heavy atom. The molecule has 0 unspecified atom stereocenters. The number of ether oxygens (including phenoxy) is 1. The number of nitrogens with zero attached hydrogens (tertiary/aromatic N) is 2. The van der Waals surface area contributed by atoms with Crippen molar-refractivity contribution in [3.8, 4) is 0 Å². The van der Waals surface area contributed by atoms with E-state index in [9.17, 15) is 0 Å². The van der Waals surface area contributed by atoms with E-state index >= 15 is 0 Å². The van der Waals surface area contributed by atoms with Crippen molar-refractivity contribution in [2.24, 2.45) is 4.99 Å². The van der Waals surface area contributed by atoms with Crippen LogP contribution in [0.3, 0.4) is 0 Å². The first-order chi connectivity index (χ1) is 12.2. The molecule has 0 aromatic heterocycles. The lowest BCUT2D eigenvalue weighted by Crippen LogP contribution is -2.38. The highest BCUT2D eigenvalue weighted by atomic mass is 16.5. The fraction of sp³-hybridized carbons (Fsp3) is 0.650. The molecule has 2 rings (SSSR count). The fourth-order valence-corrected chi connectivity index (χ4v) is 3.32. The molecule has 1 saturated carbocycles. The molecule has 2 N–H and O–H groups in total. The summed E-state index contributed by atoms with van der Waals surface area (Å²) in [6.07, 6.45) is 6.78. The summed E-state index contributed by atoms with van der Waals surface area (Å²) >= 11 is 0. The summed E-state index contributed by atoms with van der Waals surface area (Å²) in [4.78, 5) is 6.69. The normalized spacial score (nSPS) is 15.9. The van der Waals surface area contributed by atoms with Crippen LogP contribution in [0.2, 0.25) is 0 Å². The summed E-state index contributed by atoms with van der Waals surface area (Å²) in [5.41, 5.74) is 2.57. The number of hydrogen-bond donors (Lipinski definition) is 2. The molecule has 140 valence electrons. The van der Waals surface area contributed by atoms with Crippen LogP contribution in [0.25, 0.3) is 0 Å². The van der Waals surface area contributed by atoms with Gasteiger partial charge >= 0.3 is 0 Å². The zero-order valence-electron chi connectivity index (χ0n) is 16.1. The molecule has 1 aliphatic carbocycles. The van der Waals surface area contributed by atoms with Gasteiger partial charge in [-0.25, -0.2) is 0 Å². The molecule has 0 spiro atoms. The molecule has 0 aliphatic heterocycles. The largest absolute Gasteiger partial charge is 0.380 e. The third-order valence-corrected chi connectivity index (χ3v) is 4.89. The van der Waals surface area contributed by atoms with E-state index in [1.165, 1.54) is 43.4 Å². The van der Waals surface area contributed by atoms with Gasteiger partial charge in [-0.15, -0.1) is 0 Å². The molecule has 25 heavy (non-hydrogen) atoms. The van der Waals surface area contributed by atoms with Gasteiger partial charge in [-0.05, 0) is 37.5 Å². The zero-order chi connectivity index (χ0) is 17.9. The van der Waals surface area contributed by atoms with E-state index in [1.54, 1.807) is 7.05 Å². The second-order valence-corrected chi connectivity index (χ2v) is 6.62. The van der Waals surface area contributed by atoms with E-state index in [4.69, 9.17) is 4.74 Å². The third kappa shape index (κ3) is 6.58. The third-order valence-electron chi connectivity index (χ3n) is 4.89. The second-order valence-electron chi connectivity index (χ2n) is 6.62. The highest BCUT2D eigenvalue weighted by Crippen LogP contribution is 2.26. The minimum absolute atomic E-state index is 0.694. The van der Waals surface area contributed by atoms with Crippen LogP contribution in [0, 0.1) is 0 Å². The number of aliphatic imine (C=N–C) groups is 1. The molecule has 0 amide bonds. The molecule has 5 nitrogen and oxygen atoms in total. The Morgan fingerprint density at radius 3 is 2.52 bits per heavy atom. The summed E-state index contributed by atoms with van der Waals surface area (Å²) < 4.78 is 5.33. The summed E-state index contributed by atoms with van der Waals surface area (Å²) in [6, 6.07) is 9.57. The van der Waals surface area contributed by atoms with Crippen molar-refractivity contribution in [1.29, 1.82) is 0 Å². The van der Waals surface area contributed by atoms with Gasteiger partial charge in [0.1, 0.15) is 0 Å². The van der Waals surface area contributed by atoms with Gasteiger partial charge in [0.15, 0.2) is 5.96 Å². The maximum Gasteiger partial charge on any atom is 0.191 e. The number of anilines is 1. The minimum atomic E-state index is 0.694. The van der Waals surface area contributed by atoms with Crippen LogP contribution in [0.4, 0.5) is 5.69 Å². The average Bonchev–Trinajstić information content (AvgIpc) is 2.68. The van der Waals surface area contributed by atoms with Crippen molar-refractivity contribution in [2.45, 2.75) is 51.6 Å². The Kier molecular flexibility index (Phi) is 8.60. The van der Waals surface area contributed by atoms with E-state index in [0.29, 0.717) is 12.6 Å². The van der Waals surface area contributed by atoms with Crippen LogP contribution in [-0.4, -0.2) is 45.9 Å². The van der Waals surface area contributed by atoms with Crippen LogP contribution in [0.15, 0.2) is 29.3 Å². The molecule has 1 fully saturated rings. The SMILES string of the molecule is CCOCCNC(=NC)NCc1ccc(N(C)C2CCCCC2)cc1. The summed E-state index contributed by atoms with van der Waals surface area (Å²) in [5, 5.41) is 6.60. The van der Waals surface area contributed by atoms with Crippen molar-refractivity contribution < 1.29 is 4.74 Å². The van der Waals surface area contributed by atoms with Gasteiger partial charge in [0.05, 0.1) is 6.61 Å². The molecule has 0 heterocycles. The van der Waals surface area contributed by atoms with E-state index in [2.05, 4.69) is 51.8 Å². The Balaban J connectivity index is 1.79. The number of nitrogens with one attached hydrogen (secondary N) is 2. The van der Waals surface area contributed by atoms with E-state index < -0.39 is 0 Å². The molecule has 0 atom stereocenters. The lowest BCUT2D eigenvalue weighted by atomic mass is 9.94. The summed E-state index contributed by atoms with van der Waals surface area (Å²) in [7, 11) is 4.02. The van der Waals surface area contributed by atoms with Crippen LogP contribution in [0.1, 0.15) is 44.6 Å². The molecule has 0 radical (unpaired) electrons. The fourth-order valence-electron chi connectivity index (χ4n) is 3.32. The Morgan fingerprint density at radius 1 is 1.16 bits per heavy atom. The maximum atomic E-state index is 5.33. The van der Waals surface area contributed by atoms with Crippen molar-refractivity contribution in [1.82, 2.24) is 10.6 Å². The number of benzene rings is 1. The van der Waals surface area contributed by atoms with Crippen LogP contribution in [0.5, 0.6) is 0 Å². The Labute approximate surface area is 152 Å². The monoisotopic (exact) mass is 346 g/mol. The van der Waals surface area contributed by atoms with E-state index in [-0.39, 0.29) is 0 Å². The minimum Gasteiger partial charge on any atom is -0.380 e. The van der Waals surface area contributed by atoms with E-state index in [0.717, 1.165) is 25.7 Å². The van der Waals surface area contributed by atoms with Gasteiger partial charge in [0.2, 0.25) is 0 Å². The highest BCUT2D eigenvalue weighted by molar-refractivity contribution is 5.79. The van der Waals surface area contributed by atoms with Gasteiger partial charge in [-0.3, -0.25) is 4.99 Å². The van der Waals surface area contributed by atoms with Crippen molar-refractivity contribution in [3.05, 3.63) is 29.8 Å². The van der Waals surface area contributed by atoms with Crippen molar-refractivity contribution >= 4 is 11.6 Å². The molecule has 5 heteroatoms. The Bertz CT molecular complexity index is 509. The zero-order valence-corrected chi connectivity index (χ0v) is 16.1. The van der Waals surface area contributed by atoms with Gasteiger partial charge in [0.25, 0.3) is 0 Å². The van der Waals surface area contributed by atoms with Gasteiger partial charge in [0, 0.05) is 45.5 Å². The first kappa shape index (κ1) is 19.6. The highest BCUT2D eigenvalue weighted by Gasteiger charge is 2.18. The predicted molar refractivity (Wildman–Crippen MR) is 106 cm³/mol. The molecule has 1 aromatic rings. The molecular weight excluding hydrogens is 312 g/mol. The molecule has 1 aliphatic rings. The molecule has 0 bridgehead atoms. The maximum absolute atomic E-state index is 5.33. The Hall–Kier alpha value is -1.75. The predicted octanol–water partition coefficient (Wildman–Crippen LogP) is 3.16. The number of hydrogen-bond acceptors (Lipinski definition) is 3. The summed E-state index contributed by atoms with van der Waals surface area (Å²) in [6.45, 7) is 4.97.